The van der Waals surface area contributed by atoms with Crippen molar-refractivity contribution in [2.24, 2.45) is 5.92 Å². The number of hydrogen-bond donors (Lipinski definition) is 1. The van der Waals surface area contributed by atoms with Gasteiger partial charge in [-0.3, -0.25) is 0 Å². The van der Waals surface area contributed by atoms with Crippen molar-refractivity contribution in [3.05, 3.63) is 38.0 Å². The van der Waals surface area contributed by atoms with Gasteiger partial charge in [0.05, 0.1) is 19.3 Å². The van der Waals surface area contributed by atoms with Crippen molar-refractivity contribution in [3.63, 3.8) is 0 Å². The summed E-state index contributed by atoms with van der Waals surface area (Å²) in [5.74, 6) is -1.20. The standard InChI is InChI=1S/C18H27NO6/c1-6-13(4)16(25-18(21)8-3)12-22-14(5)10-23-15(9-19)11-24-17(20)7-2/h6-9,13-16,19H,1-3,10-12H2,4-5H3. The first-order valence-corrected chi connectivity index (χ1v) is 7.86. The second-order valence-corrected chi connectivity index (χ2v) is 5.29. The monoisotopic (exact) mass is 353 g/mol. The second kappa shape index (κ2) is 13.1. The molecular weight excluding hydrogens is 326 g/mol. The van der Waals surface area contributed by atoms with Gasteiger partial charge in [0.25, 0.3) is 0 Å². The Morgan fingerprint density at radius 3 is 2.16 bits per heavy atom. The number of rotatable bonds is 14. The summed E-state index contributed by atoms with van der Waals surface area (Å²) in [7, 11) is 0. The SMILES string of the molecule is C=CC(=O)OCC(C=N)OCC(C)OCC(OC(=O)C=C)C(C)C=C. The molecule has 4 unspecified atom stereocenters. The number of ether oxygens (including phenoxy) is 4. The van der Waals surface area contributed by atoms with Crippen molar-refractivity contribution in [1.29, 1.82) is 5.41 Å². The van der Waals surface area contributed by atoms with Crippen molar-refractivity contribution in [3.8, 4) is 0 Å². The average molecular weight is 353 g/mol. The molecule has 0 aromatic heterocycles. The average Bonchev–Trinajstić information content (AvgIpc) is 2.63. The molecule has 25 heavy (non-hydrogen) atoms. The highest BCUT2D eigenvalue weighted by atomic mass is 16.6. The zero-order valence-electron chi connectivity index (χ0n) is 14.8. The predicted molar refractivity (Wildman–Crippen MR) is 94.5 cm³/mol. The van der Waals surface area contributed by atoms with Crippen LogP contribution in [0.25, 0.3) is 0 Å². The van der Waals surface area contributed by atoms with Gasteiger partial charge in [0.15, 0.2) is 0 Å². The third-order valence-electron chi connectivity index (χ3n) is 3.22. The van der Waals surface area contributed by atoms with Gasteiger partial charge in [-0.05, 0) is 6.92 Å². The molecule has 0 spiro atoms. The third-order valence-corrected chi connectivity index (χ3v) is 3.22. The van der Waals surface area contributed by atoms with Crippen molar-refractivity contribution < 1.29 is 28.5 Å². The molecule has 0 aliphatic heterocycles. The van der Waals surface area contributed by atoms with E-state index in [1.165, 1.54) is 0 Å². The molecule has 0 aromatic carbocycles. The lowest BCUT2D eigenvalue weighted by Crippen LogP contribution is -2.32. The first-order valence-electron chi connectivity index (χ1n) is 7.86. The summed E-state index contributed by atoms with van der Waals surface area (Å²) in [6, 6.07) is 0. The molecule has 7 nitrogen and oxygen atoms in total. The highest BCUT2D eigenvalue weighted by Crippen LogP contribution is 2.11. The summed E-state index contributed by atoms with van der Waals surface area (Å²) in [6.45, 7) is 14.2. The quantitative estimate of drug-likeness (QED) is 0.222. The van der Waals surface area contributed by atoms with Crippen molar-refractivity contribution in [1.82, 2.24) is 0 Å². The maximum absolute atomic E-state index is 11.4. The van der Waals surface area contributed by atoms with Crippen LogP contribution in [0.2, 0.25) is 0 Å². The normalized spacial score (nSPS) is 15.1. The topological polar surface area (TPSA) is 94.9 Å². The van der Waals surface area contributed by atoms with Gasteiger partial charge in [-0.15, -0.1) is 6.58 Å². The van der Waals surface area contributed by atoms with E-state index < -0.39 is 24.1 Å². The summed E-state index contributed by atoms with van der Waals surface area (Å²) >= 11 is 0. The van der Waals surface area contributed by atoms with Crippen LogP contribution in [0.4, 0.5) is 0 Å². The highest BCUT2D eigenvalue weighted by molar-refractivity contribution is 5.81. The summed E-state index contributed by atoms with van der Waals surface area (Å²) in [5.41, 5.74) is 0. The fourth-order valence-corrected chi connectivity index (χ4v) is 1.58. The van der Waals surface area contributed by atoms with E-state index in [9.17, 15) is 9.59 Å². The summed E-state index contributed by atoms with van der Waals surface area (Å²) < 4.78 is 21.1. The molecule has 140 valence electrons. The van der Waals surface area contributed by atoms with Crippen LogP contribution < -0.4 is 0 Å². The highest BCUT2D eigenvalue weighted by Gasteiger charge is 2.20. The van der Waals surface area contributed by atoms with E-state index in [4.69, 9.17) is 24.4 Å². The van der Waals surface area contributed by atoms with Crippen molar-refractivity contribution >= 4 is 18.2 Å². The fraction of sp³-hybridized carbons (Fsp3) is 0.500. The third kappa shape index (κ3) is 10.3. The van der Waals surface area contributed by atoms with Gasteiger partial charge in [0.2, 0.25) is 0 Å². The Balaban J connectivity index is 4.33. The van der Waals surface area contributed by atoms with Crippen LogP contribution in [0.3, 0.4) is 0 Å². The van der Waals surface area contributed by atoms with Gasteiger partial charge in [-0.25, -0.2) is 9.59 Å². The van der Waals surface area contributed by atoms with Crippen LogP contribution >= 0.6 is 0 Å². The Hall–Kier alpha value is -2.25. The van der Waals surface area contributed by atoms with Crippen molar-refractivity contribution in [2.75, 3.05) is 19.8 Å². The fourth-order valence-electron chi connectivity index (χ4n) is 1.58. The Morgan fingerprint density at radius 1 is 1.00 bits per heavy atom. The van der Waals surface area contributed by atoms with Crippen LogP contribution in [-0.4, -0.2) is 56.3 Å². The molecule has 0 bridgehead atoms. The molecule has 0 aromatic rings. The van der Waals surface area contributed by atoms with Crippen LogP contribution in [-0.2, 0) is 28.5 Å². The number of esters is 2. The Labute approximate surface area is 148 Å². The molecule has 0 aliphatic rings. The summed E-state index contributed by atoms with van der Waals surface area (Å²) in [5, 5.41) is 7.27. The number of carbonyl (C=O) groups is 2. The molecule has 0 radical (unpaired) electrons. The molecule has 7 heteroatoms. The lowest BCUT2D eigenvalue weighted by Gasteiger charge is -2.24. The van der Waals surface area contributed by atoms with Gasteiger partial charge >= 0.3 is 11.9 Å². The summed E-state index contributed by atoms with van der Waals surface area (Å²) in [6.07, 6.45) is 3.36. The lowest BCUT2D eigenvalue weighted by atomic mass is 10.1. The first-order chi connectivity index (χ1) is 11.9. The zero-order valence-corrected chi connectivity index (χ0v) is 14.8. The second-order valence-electron chi connectivity index (χ2n) is 5.29. The minimum atomic E-state index is -0.670. The Morgan fingerprint density at radius 2 is 1.64 bits per heavy atom. The summed E-state index contributed by atoms with van der Waals surface area (Å²) in [4.78, 5) is 22.4. The van der Waals surface area contributed by atoms with Gasteiger partial charge in [0, 0.05) is 24.3 Å². The van der Waals surface area contributed by atoms with E-state index >= 15 is 0 Å². The number of nitrogens with one attached hydrogen (secondary N) is 1. The Bertz CT molecular complexity index is 476. The molecular formula is C18H27NO6. The van der Waals surface area contributed by atoms with Gasteiger partial charge in [-0.2, -0.15) is 0 Å². The van der Waals surface area contributed by atoms with Crippen LogP contribution in [0, 0.1) is 11.3 Å². The van der Waals surface area contributed by atoms with E-state index in [-0.39, 0.29) is 31.8 Å². The van der Waals surface area contributed by atoms with Gasteiger partial charge in [-0.1, -0.05) is 26.2 Å². The van der Waals surface area contributed by atoms with Gasteiger partial charge < -0.3 is 24.4 Å². The molecule has 0 rings (SSSR count). The maximum atomic E-state index is 11.4. The van der Waals surface area contributed by atoms with E-state index in [0.717, 1.165) is 18.4 Å². The van der Waals surface area contributed by atoms with Crippen LogP contribution in [0.1, 0.15) is 13.8 Å². The molecule has 0 fully saturated rings. The molecule has 4 atom stereocenters. The molecule has 0 heterocycles. The minimum Gasteiger partial charge on any atom is -0.459 e. The smallest absolute Gasteiger partial charge is 0.330 e. The largest absolute Gasteiger partial charge is 0.459 e. The zero-order chi connectivity index (χ0) is 19.2. The molecule has 0 amide bonds. The van der Waals surface area contributed by atoms with E-state index in [2.05, 4.69) is 19.7 Å². The molecule has 0 saturated heterocycles. The maximum Gasteiger partial charge on any atom is 0.330 e. The van der Waals surface area contributed by atoms with Gasteiger partial charge in [0.1, 0.15) is 18.8 Å². The molecule has 0 aliphatic carbocycles. The molecule has 0 saturated carbocycles. The van der Waals surface area contributed by atoms with Crippen LogP contribution in [0.15, 0.2) is 38.0 Å². The number of carbonyl (C=O) groups excluding carboxylic acids is 2. The first kappa shape index (κ1) is 22.8. The minimum absolute atomic E-state index is 0.0753. The van der Waals surface area contributed by atoms with E-state index in [0.29, 0.717) is 0 Å². The molecule has 1 N–H and O–H groups in total. The Kier molecular flexibility index (Phi) is 11.9. The lowest BCUT2D eigenvalue weighted by molar-refractivity contribution is -0.151. The van der Waals surface area contributed by atoms with Crippen molar-refractivity contribution in [2.45, 2.75) is 32.2 Å². The van der Waals surface area contributed by atoms with E-state index in [1.807, 2.05) is 6.92 Å². The number of hydrogen-bond acceptors (Lipinski definition) is 7. The van der Waals surface area contributed by atoms with Crippen LogP contribution in [0.5, 0.6) is 0 Å². The van der Waals surface area contributed by atoms with E-state index in [1.54, 1.807) is 13.0 Å². The predicted octanol–water partition coefficient (Wildman–Crippen LogP) is 2.08.